The number of rotatable bonds is 3. The molecule has 98 valence electrons. The van der Waals surface area contributed by atoms with Crippen LogP contribution in [-0.4, -0.2) is 30.4 Å². The molecule has 1 heterocycles. The molecule has 2 rings (SSSR count). The second-order valence-corrected chi connectivity index (χ2v) is 5.22. The van der Waals surface area contributed by atoms with E-state index < -0.39 is 0 Å². The van der Waals surface area contributed by atoms with Crippen molar-refractivity contribution in [3.63, 3.8) is 0 Å². The number of carbonyl (C=O) groups is 1. The van der Waals surface area contributed by atoms with Crippen LogP contribution in [0.4, 0.5) is 5.69 Å². The third kappa shape index (κ3) is 2.84. The van der Waals surface area contributed by atoms with Gasteiger partial charge in [0.2, 0.25) is 5.91 Å². The largest absolute Gasteiger partial charge is 0.376 e. The highest BCUT2D eigenvalue weighted by atomic mass is 16.2. The van der Waals surface area contributed by atoms with Gasteiger partial charge in [0, 0.05) is 18.8 Å². The van der Waals surface area contributed by atoms with E-state index >= 15 is 0 Å². The van der Waals surface area contributed by atoms with Crippen molar-refractivity contribution in [2.45, 2.75) is 33.6 Å². The Bertz CT molecular complexity index is 425. The molecule has 1 aliphatic heterocycles. The summed E-state index contributed by atoms with van der Waals surface area (Å²) in [5.74, 6) is 0.215. The van der Waals surface area contributed by atoms with E-state index in [0.29, 0.717) is 6.54 Å². The number of nitrogens with zero attached hydrogens (tertiary/aromatic N) is 1. The topological polar surface area (TPSA) is 32.3 Å². The molecule has 0 radical (unpaired) electrons. The van der Waals surface area contributed by atoms with E-state index in [1.54, 1.807) is 0 Å². The van der Waals surface area contributed by atoms with E-state index in [-0.39, 0.29) is 5.91 Å². The molecule has 1 N–H and O–H groups in total. The van der Waals surface area contributed by atoms with Crippen molar-refractivity contribution < 1.29 is 4.79 Å². The highest BCUT2D eigenvalue weighted by Crippen LogP contribution is 2.21. The van der Waals surface area contributed by atoms with E-state index in [4.69, 9.17) is 0 Å². The Labute approximate surface area is 109 Å². The molecule has 3 nitrogen and oxygen atoms in total. The zero-order valence-electron chi connectivity index (χ0n) is 11.5. The number of hydrogen-bond donors (Lipinski definition) is 1. The van der Waals surface area contributed by atoms with Crippen molar-refractivity contribution in [3.05, 3.63) is 28.8 Å². The Morgan fingerprint density at radius 1 is 1.17 bits per heavy atom. The maximum Gasteiger partial charge on any atom is 0.241 e. The number of amides is 1. The second-order valence-electron chi connectivity index (χ2n) is 5.22. The lowest BCUT2D eigenvalue weighted by molar-refractivity contribution is -0.128. The van der Waals surface area contributed by atoms with E-state index in [2.05, 4.69) is 38.2 Å². The van der Waals surface area contributed by atoms with Crippen LogP contribution in [0.1, 0.15) is 29.5 Å². The molecule has 0 unspecified atom stereocenters. The third-order valence-corrected chi connectivity index (χ3v) is 3.55. The Morgan fingerprint density at radius 2 is 1.72 bits per heavy atom. The van der Waals surface area contributed by atoms with E-state index in [0.717, 1.165) is 31.6 Å². The summed E-state index contributed by atoms with van der Waals surface area (Å²) in [6.45, 7) is 8.52. The van der Waals surface area contributed by atoms with Crippen molar-refractivity contribution in [1.82, 2.24) is 4.90 Å². The van der Waals surface area contributed by atoms with Crippen LogP contribution in [0.25, 0.3) is 0 Å². The first-order chi connectivity index (χ1) is 8.58. The summed E-state index contributed by atoms with van der Waals surface area (Å²) in [5, 5.41) is 3.29. The van der Waals surface area contributed by atoms with Crippen molar-refractivity contribution in [1.29, 1.82) is 0 Å². The lowest BCUT2D eigenvalue weighted by Crippen LogP contribution is -2.33. The number of carbonyl (C=O) groups excluding carboxylic acids is 1. The van der Waals surface area contributed by atoms with Gasteiger partial charge in [0.15, 0.2) is 0 Å². The Balaban J connectivity index is 1.99. The van der Waals surface area contributed by atoms with Gasteiger partial charge in [0.25, 0.3) is 0 Å². The summed E-state index contributed by atoms with van der Waals surface area (Å²) in [5.41, 5.74) is 4.79. The molecule has 1 aliphatic rings. The molecule has 3 heteroatoms. The number of likely N-dealkylation sites (tertiary alicyclic amines) is 1. The van der Waals surface area contributed by atoms with Crippen LogP contribution in [0.3, 0.4) is 0 Å². The summed E-state index contributed by atoms with van der Waals surface area (Å²) >= 11 is 0. The summed E-state index contributed by atoms with van der Waals surface area (Å²) in [4.78, 5) is 13.9. The predicted octanol–water partition coefficient (Wildman–Crippen LogP) is 2.65. The van der Waals surface area contributed by atoms with Gasteiger partial charge in [-0.05, 0) is 44.7 Å². The van der Waals surface area contributed by atoms with Gasteiger partial charge in [0.1, 0.15) is 0 Å². The van der Waals surface area contributed by atoms with Gasteiger partial charge < -0.3 is 10.2 Å². The Kier molecular flexibility index (Phi) is 3.90. The molecule has 18 heavy (non-hydrogen) atoms. The van der Waals surface area contributed by atoms with Gasteiger partial charge in [-0.25, -0.2) is 0 Å². The van der Waals surface area contributed by atoms with Crippen LogP contribution >= 0.6 is 0 Å². The number of benzene rings is 1. The maximum absolute atomic E-state index is 12.0. The van der Waals surface area contributed by atoms with E-state index in [1.165, 1.54) is 16.7 Å². The molecule has 1 aromatic rings. The predicted molar refractivity (Wildman–Crippen MR) is 75.0 cm³/mol. The van der Waals surface area contributed by atoms with Crippen molar-refractivity contribution in [2.75, 3.05) is 25.0 Å². The molecule has 0 aromatic heterocycles. The van der Waals surface area contributed by atoms with E-state index in [1.807, 2.05) is 4.90 Å². The van der Waals surface area contributed by atoms with Crippen LogP contribution in [0.5, 0.6) is 0 Å². The summed E-state index contributed by atoms with van der Waals surface area (Å²) < 4.78 is 0. The molecule has 0 saturated carbocycles. The fraction of sp³-hybridized carbons (Fsp3) is 0.533. The standard InChI is InChI=1S/C15H22N2O/c1-11-8-12(2)15(13(3)9-11)16-10-14(18)17-6-4-5-7-17/h8-9,16H,4-7,10H2,1-3H3. The molecule has 1 fully saturated rings. The zero-order chi connectivity index (χ0) is 13.1. The monoisotopic (exact) mass is 246 g/mol. The molecule has 0 spiro atoms. The number of hydrogen-bond acceptors (Lipinski definition) is 2. The van der Waals surface area contributed by atoms with E-state index in [9.17, 15) is 4.79 Å². The molecule has 0 aliphatic carbocycles. The molecule has 1 aromatic carbocycles. The third-order valence-electron chi connectivity index (χ3n) is 3.55. The van der Waals surface area contributed by atoms with Gasteiger partial charge in [-0.3, -0.25) is 4.79 Å². The number of aryl methyl sites for hydroxylation is 3. The van der Waals surface area contributed by atoms with Crippen molar-refractivity contribution in [3.8, 4) is 0 Å². The number of anilines is 1. The lowest BCUT2D eigenvalue weighted by Gasteiger charge is -2.18. The fourth-order valence-corrected chi connectivity index (χ4v) is 2.70. The molecule has 0 atom stereocenters. The van der Waals surface area contributed by atoms with Gasteiger partial charge in [-0.15, -0.1) is 0 Å². The SMILES string of the molecule is Cc1cc(C)c(NCC(=O)N2CCCC2)c(C)c1. The van der Waals surface area contributed by atoms with Gasteiger partial charge in [0.05, 0.1) is 6.54 Å². The first kappa shape index (κ1) is 12.9. The molecular weight excluding hydrogens is 224 g/mol. The molecular formula is C15H22N2O. The minimum Gasteiger partial charge on any atom is -0.376 e. The zero-order valence-corrected chi connectivity index (χ0v) is 11.5. The fourth-order valence-electron chi connectivity index (χ4n) is 2.70. The Hall–Kier alpha value is -1.51. The van der Waals surface area contributed by atoms with Crippen LogP contribution in [0.2, 0.25) is 0 Å². The highest BCUT2D eigenvalue weighted by Gasteiger charge is 2.17. The molecule has 1 saturated heterocycles. The summed E-state index contributed by atoms with van der Waals surface area (Å²) in [6, 6.07) is 4.30. The quantitative estimate of drug-likeness (QED) is 0.889. The van der Waals surface area contributed by atoms with Crippen LogP contribution in [0.15, 0.2) is 12.1 Å². The molecule has 1 amide bonds. The first-order valence-electron chi connectivity index (χ1n) is 6.67. The van der Waals surface area contributed by atoms with Gasteiger partial charge in [-0.1, -0.05) is 17.7 Å². The number of nitrogens with one attached hydrogen (secondary N) is 1. The summed E-state index contributed by atoms with van der Waals surface area (Å²) in [7, 11) is 0. The molecule has 0 bridgehead atoms. The maximum atomic E-state index is 12.0. The minimum absolute atomic E-state index is 0.215. The summed E-state index contributed by atoms with van der Waals surface area (Å²) in [6.07, 6.45) is 2.29. The smallest absolute Gasteiger partial charge is 0.241 e. The highest BCUT2D eigenvalue weighted by molar-refractivity contribution is 5.81. The van der Waals surface area contributed by atoms with Crippen molar-refractivity contribution in [2.24, 2.45) is 0 Å². The van der Waals surface area contributed by atoms with Gasteiger partial charge >= 0.3 is 0 Å². The van der Waals surface area contributed by atoms with Gasteiger partial charge in [-0.2, -0.15) is 0 Å². The Morgan fingerprint density at radius 3 is 2.28 bits per heavy atom. The lowest BCUT2D eigenvalue weighted by atomic mass is 10.1. The second kappa shape index (κ2) is 5.42. The van der Waals surface area contributed by atoms with Crippen LogP contribution < -0.4 is 5.32 Å². The normalized spacial score (nSPS) is 14.9. The van der Waals surface area contributed by atoms with Crippen LogP contribution in [-0.2, 0) is 4.79 Å². The van der Waals surface area contributed by atoms with Crippen LogP contribution in [0, 0.1) is 20.8 Å². The average Bonchev–Trinajstić information content (AvgIpc) is 2.80. The minimum atomic E-state index is 0.215. The first-order valence-corrected chi connectivity index (χ1v) is 6.67. The average molecular weight is 246 g/mol. The van der Waals surface area contributed by atoms with Crippen molar-refractivity contribution >= 4 is 11.6 Å².